The van der Waals surface area contributed by atoms with Gasteiger partial charge >= 0.3 is 0 Å². The number of hydrogen-bond acceptors (Lipinski definition) is 6. The molecule has 0 aliphatic heterocycles. The molecule has 1 aliphatic rings. The van der Waals surface area contributed by atoms with Gasteiger partial charge in [0.1, 0.15) is 12.9 Å². The Balaban J connectivity index is 1.63. The van der Waals surface area contributed by atoms with Crippen molar-refractivity contribution in [1.82, 2.24) is 19.7 Å². The topological polar surface area (TPSA) is 98.7 Å². The number of carbonyl (C=O) groups excluding carboxylic acids is 1. The normalized spacial score (nSPS) is 13.6. The molecule has 2 aromatic rings. The number of nitrogen functional groups attached to an aromatic ring is 1. The van der Waals surface area contributed by atoms with Gasteiger partial charge in [0.15, 0.2) is 5.13 Å². The summed E-state index contributed by atoms with van der Waals surface area (Å²) < 4.78 is 1.39. The Morgan fingerprint density at radius 2 is 2.44 bits per heavy atom. The smallest absolute Gasteiger partial charge is 0.247 e. The van der Waals surface area contributed by atoms with Gasteiger partial charge in [0.05, 0.1) is 5.69 Å². The van der Waals surface area contributed by atoms with Gasteiger partial charge in [0.2, 0.25) is 11.9 Å². The number of aromatic nitrogens is 4. The van der Waals surface area contributed by atoms with Crippen LogP contribution in [0, 0.1) is 0 Å². The number of fused-ring (bicyclic) bond motifs is 1. The summed E-state index contributed by atoms with van der Waals surface area (Å²) in [6.07, 6.45) is 4.68. The van der Waals surface area contributed by atoms with Crippen molar-refractivity contribution in [2.75, 3.05) is 11.1 Å². The van der Waals surface area contributed by atoms with E-state index >= 15 is 0 Å². The van der Waals surface area contributed by atoms with Gasteiger partial charge in [-0.1, -0.05) is 0 Å². The molecule has 0 saturated carbocycles. The Morgan fingerprint density at radius 1 is 1.56 bits per heavy atom. The highest BCUT2D eigenvalue weighted by Crippen LogP contribution is 2.30. The number of aryl methyl sites for hydroxylation is 2. The summed E-state index contributed by atoms with van der Waals surface area (Å²) in [5.74, 6) is -0.0108. The lowest BCUT2D eigenvalue weighted by Gasteiger charge is -2.01. The van der Waals surface area contributed by atoms with Crippen LogP contribution in [0.2, 0.25) is 0 Å². The Kier molecular flexibility index (Phi) is 2.71. The molecule has 1 aliphatic carbocycles. The summed E-state index contributed by atoms with van der Waals surface area (Å²) in [6.45, 7) is 0.0917. The fraction of sp³-hybridized carbons (Fsp3) is 0.400. The number of nitrogens with one attached hydrogen (secondary N) is 1. The summed E-state index contributed by atoms with van der Waals surface area (Å²) >= 11 is 1.55. The maximum atomic E-state index is 11.7. The second-order valence-electron chi connectivity index (χ2n) is 4.09. The van der Waals surface area contributed by atoms with Gasteiger partial charge in [0, 0.05) is 4.88 Å². The van der Waals surface area contributed by atoms with Gasteiger partial charge in [-0.15, -0.1) is 16.4 Å². The number of nitrogens with two attached hydrogens (primary N) is 1. The summed E-state index contributed by atoms with van der Waals surface area (Å²) in [6, 6.07) is 0. The van der Waals surface area contributed by atoms with Crippen molar-refractivity contribution in [2.24, 2.45) is 0 Å². The fourth-order valence-corrected chi connectivity index (χ4v) is 3.00. The van der Waals surface area contributed by atoms with Crippen molar-refractivity contribution in [3.63, 3.8) is 0 Å². The van der Waals surface area contributed by atoms with Gasteiger partial charge in [-0.3, -0.25) is 4.79 Å². The average Bonchev–Trinajstić information content (AvgIpc) is 2.94. The van der Waals surface area contributed by atoms with E-state index in [0.717, 1.165) is 18.5 Å². The van der Waals surface area contributed by atoms with E-state index in [0.29, 0.717) is 5.13 Å². The van der Waals surface area contributed by atoms with Crippen molar-refractivity contribution < 1.29 is 4.79 Å². The van der Waals surface area contributed by atoms with Crippen LogP contribution in [-0.4, -0.2) is 25.7 Å². The van der Waals surface area contributed by atoms with E-state index in [9.17, 15) is 4.79 Å². The predicted octanol–water partition coefficient (Wildman–Crippen LogP) is 0.444. The Hall–Kier alpha value is -1.96. The van der Waals surface area contributed by atoms with Gasteiger partial charge in [-0.2, -0.15) is 0 Å². The maximum Gasteiger partial charge on any atom is 0.247 e. The molecule has 3 N–H and O–H groups in total. The number of thiazole rings is 1. The molecular formula is C10H12N6OS. The fourth-order valence-electron chi connectivity index (χ4n) is 1.93. The minimum absolute atomic E-state index is 0.0917. The number of anilines is 2. The molecule has 7 nitrogen and oxygen atoms in total. The van der Waals surface area contributed by atoms with E-state index < -0.39 is 0 Å². The van der Waals surface area contributed by atoms with Crippen LogP contribution in [0.15, 0.2) is 6.33 Å². The Labute approximate surface area is 107 Å². The zero-order valence-corrected chi connectivity index (χ0v) is 10.4. The third kappa shape index (κ3) is 2.19. The Bertz CT molecular complexity index is 567. The molecule has 0 saturated heterocycles. The van der Waals surface area contributed by atoms with Crippen molar-refractivity contribution in [2.45, 2.75) is 25.8 Å². The summed E-state index contributed by atoms with van der Waals surface area (Å²) in [5, 5.41) is 7.28. The number of rotatable bonds is 3. The van der Waals surface area contributed by atoms with Crippen LogP contribution < -0.4 is 11.1 Å². The predicted molar refractivity (Wildman–Crippen MR) is 67.2 cm³/mol. The zero-order chi connectivity index (χ0) is 12.5. The Morgan fingerprint density at radius 3 is 3.17 bits per heavy atom. The summed E-state index contributed by atoms with van der Waals surface area (Å²) in [5.41, 5.74) is 6.50. The molecule has 0 spiro atoms. The van der Waals surface area contributed by atoms with Crippen molar-refractivity contribution in [3.05, 3.63) is 16.9 Å². The number of carbonyl (C=O) groups is 1. The van der Waals surface area contributed by atoms with Gasteiger partial charge in [-0.05, 0) is 19.3 Å². The van der Waals surface area contributed by atoms with E-state index in [1.807, 2.05) is 0 Å². The molecular weight excluding hydrogens is 252 g/mol. The monoisotopic (exact) mass is 264 g/mol. The van der Waals surface area contributed by atoms with Gasteiger partial charge in [-0.25, -0.2) is 14.6 Å². The van der Waals surface area contributed by atoms with Crippen molar-refractivity contribution in [3.8, 4) is 0 Å². The minimum Gasteiger partial charge on any atom is -0.367 e. The SMILES string of the molecule is Nc1ncn(CC(=O)Nc2nc3c(s2)CCC3)n1. The summed E-state index contributed by atoms with van der Waals surface area (Å²) in [4.78, 5) is 21.2. The molecule has 0 radical (unpaired) electrons. The van der Waals surface area contributed by atoms with Crippen LogP contribution in [0.25, 0.3) is 0 Å². The molecule has 2 heterocycles. The van der Waals surface area contributed by atoms with E-state index in [1.165, 1.54) is 22.3 Å². The first-order valence-electron chi connectivity index (χ1n) is 5.64. The molecule has 2 aromatic heterocycles. The lowest BCUT2D eigenvalue weighted by atomic mass is 10.4. The molecule has 0 atom stereocenters. The maximum absolute atomic E-state index is 11.7. The van der Waals surface area contributed by atoms with Crippen LogP contribution in [-0.2, 0) is 24.2 Å². The molecule has 8 heteroatoms. The van der Waals surface area contributed by atoms with E-state index in [4.69, 9.17) is 5.73 Å². The van der Waals surface area contributed by atoms with E-state index in [-0.39, 0.29) is 18.4 Å². The van der Waals surface area contributed by atoms with Crippen molar-refractivity contribution >= 4 is 28.3 Å². The summed E-state index contributed by atoms with van der Waals surface area (Å²) in [7, 11) is 0. The van der Waals surface area contributed by atoms with E-state index in [1.54, 1.807) is 11.3 Å². The third-order valence-electron chi connectivity index (χ3n) is 2.70. The first-order valence-corrected chi connectivity index (χ1v) is 6.46. The first-order chi connectivity index (χ1) is 8.70. The molecule has 0 bridgehead atoms. The third-order valence-corrected chi connectivity index (χ3v) is 3.77. The largest absolute Gasteiger partial charge is 0.367 e. The van der Waals surface area contributed by atoms with Crippen LogP contribution in [0.3, 0.4) is 0 Å². The van der Waals surface area contributed by atoms with Crippen molar-refractivity contribution in [1.29, 1.82) is 0 Å². The molecule has 18 heavy (non-hydrogen) atoms. The number of amides is 1. The van der Waals surface area contributed by atoms with Crippen LogP contribution >= 0.6 is 11.3 Å². The van der Waals surface area contributed by atoms with Crippen LogP contribution in [0.1, 0.15) is 17.0 Å². The molecule has 94 valence electrons. The molecule has 3 rings (SSSR count). The molecule has 0 aromatic carbocycles. The van der Waals surface area contributed by atoms with Crippen LogP contribution in [0.4, 0.5) is 11.1 Å². The first kappa shape index (κ1) is 11.1. The number of hydrogen-bond donors (Lipinski definition) is 2. The van der Waals surface area contributed by atoms with E-state index in [2.05, 4.69) is 20.4 Å². The molecule has 0 fully saturated rings. The number of nitrogens with zero attached hydrogens (tertiary/aromatic N) is 4. The minimum atomic E-state index is -0.174. The molecule has 0 unspecified atom stereocenters. The van der Waals surface area contributed by atoms with Gasteiger partial charge < -0.3 is 11.1 Å². The second-order valence-corrected chi connectivity index (χ2v) is 5.17. The highest BCUT2D eigenvalue weighted by molar-refractivity contribution is 7.15. The lowest BCUT2D eigenvalue weighted by Crippen LogP contribution is -2.19. The average molecular weight is 264 g/mol. The standard InChI is InChI=1S/C10H12N6OS/c11-9-12-5-16(15-9)4-8(17)14-10-13-6-2-1-3-7(6)18-10/h5H,1-4H2,(H2,11,15)(H,13,14,17). The van der Waals surface area contributed by atoms with Crippen LogP contribution in [0.5, 0.6) is 0 Å². The zero-order valence-electron chi connectivity index (χ0n) is 9.59. The molecule has 1 amide bonds. The second kappa shape index (κ2) is 4.37. The van der Waals surface area contributed by atoms with Gasteiger partial charge in [0.25, 0.3) is 0 Å². The quantitative estimate of drug-likeness (QED) is 0.838. The lowest BCUT2D eigenvalue weighted by molar-refractivity contribution is -0.116. The highest BCUT2D eigenvalue weighted by atomic mass is 32.1. The highest BCUT2D eigenvalue weighted by Gasteiger charge is 2.17.